The van der Waals surface area contributed by atoms with Crippen molar-refractivity contribution in [2.45, 2.75) is 19.4 Å². The summed E-state index contributed by atoms with van der Waals surface area (Å²) in [4.78, 5) is 0. The van der Waals surface area contributed by atoms with Crippen molar-refractivity contribution in [2.75, 3.05) is 24.8 Å². The van der Waals surface area contributed by atoms with Gasteiger partial charge in [-0.3, -0.25) is 0 Å². The zero-order chi connectivity index (χ0) is 12.3. The van der Waals surface area contributed by atoms with Crippen molar-refractivity contribution in [3.8, 4) is 5.75 Å². The van der Waals surface area contributed by atoms with Crippen LogP contribution < -0.4 is 15.8 Å². The molecule has 0 aliphatic heterocycles. The molecule has 1 aromatic carbocycles. The minimum absolute atomic E-state index is 0.0634. The van der Waals surface area contributed by atoms with Gasteiger partial charge >= 0.3 is 0 Å². The topological polar surface area (TPSA) is 67.5 Å². The van der Waals surface area contributed by atoms with Gasteiger partial charge in [-0.05, 0) is 13.8 Å². The Bertz CT molecular complexity index is 380. The van der Waals surface area contributed by atoms with E-state index < -0.39 is 11.4 Å². The lowest BCUT2D eigenvalue weighted by Crippen LogP contribution is -2.35. The van der Waals surface area contributed by atoms with Crippen LogP contribution in [0.25, 0.3) is 0 Å². The van der Waals surface area contributed by atoms with Crippen LogP contribution in [-0.2, 0) is 0 Å². The number of aliphatic hydroxyl groups excluding tert-OH is 1. The molecule has 0 saturated heterocycles. The number of benzene rings is 1. The molecule has 0 spiro atoms. The second-order valence-corrected chi connectivity index (χ2v) is 4.24. The van der Waals surface area contributed by atoms with E-state index in [4.69, 9.17) is 15.6 Å². The highest BCUT2D eigenvalue weighted by Crippen LogP contribution is 2.29. The third-order valence-corrected chi connectivity index (χ3v) is 2.19. The monoisotopic (exact) mass is 228 g/mol. The van der Waals surface area contributed by atoms with Gasteiger partial charge in [0.05, 0.1) is 30.6 Å². The number of rotatable bonds is 4. The summed E-state index contributed by atoms with van der Waals surface area (Å²) in [5, 5.41) is 12.1. The molecule has 0 aliphatic rings. The fraction of sp³-hybridized carbons (Fsp3) is 0.455. The lowest BCUT2D eigenvalue weighted by atomic mass is 10.1. The molecule has 4 nitrogen and oxygen atoms in total. The van der Waals surface area contributed by atoms with Crippen LogP contribution in [0.15, 0.2) is 12.1 Å². The number of ether oxygens (including phenoxy) is 1. The molecular weight excluding hydrogens is 211 g/mol. The van der Waals surface area contributed by atoms with Crippen molar-refractivity contribution >= 4 is 11.4 Å². The molecule has 0 unspecified atom stereocenters. The van der Waals surface area contributed by atoms with E-state index in [1.165, 1.54) is 19.2 Å². The van der Waals surface area contributed by atoms with Crippen LogP contribution >= 0.6 is 0 Å². The Hall–Kier alpha value is -1.49. The summed E-state index contributed by atoms with van der Waals surface area (Å²) in [6, 6.07) is 2.66. The fourth-order valence-corrected chi connectivity index (χ4v) is 1.24. The average Bonchev–Trinajstić information content (AvgIpc) is 2.22. The molecule has 0 bridgehead atoms. The number of nitrogens with one attached hydrogen (secondary N) is 1. The molecule has 1 aromatic rings. The number of aliphatic hydroxyl groups is 1. The first kappa shape index (κ1) is 12.6. The summed E-state index contributed by atoms with van der Waals surface area (Å²) >= 11 is 0. The Morgan fingerprint density at radius 2 is 2.12 bits per heavy atom. The Kier molecular flexibility index (Phi) is 3.59. The molecule has 0 amide bonds. The van der Waals surface area contributed by atoms with Crippen LogP contribution in [0.2, 0.25) is 0 Å². The maximum Gasteiger partial charge on any atom is 0.167 e. The van der Waals surface area contributed by atoms with Crippen molar-refractivity contribution in [1.82, 2.24) is 0 Å². The number of halogens is 1. The van der Waals surface area contributed by atoms with Crippen LogP contribution in [0.5, 0.6) is 5.75 Å². The SMILES string of the molecule is COc1cc(NC(C)(C)CO)c(N)cc1F. The van der Waals surface area contributed by atoms with Gasteiger partial charge in [0.1, 0.15) is 0 Å². The summed E-state index contributed by atoms with van der Waals surface area (Å²) in [5.41, 5.74) is 5.95. The van der Waals surface area contributed by atoms with Crippen LogP contribution in [0, 0.1) is 5.82 Å². The summed E-state index contributed by atoms with van der Waals surface area (Å²) in [6.07, 6.45) is 0. The summed E-state index contributed by atoms with van der Waals surface area (Å²) in [5.74, 6) is -0.391. The Morgan fingerprint density at radius 3 is 2.62 bits per heavy atom. The first-order valence-electron chi connectivity index (χ1n) is 4.91. The first-order valence-corrected chi connectivity index (χ1v) is 4.91. The zero-order valence-corrected chi connectivity index (χ0v) is 9.67. The number of methoxy groups -OCH3 is 1. The van der Waals surface area contributed by atoms with Crippen LogP contribution in [0.1, 0.15) is 13.8 Å². The van der Waals surface area contributed by atoms with Crippen LogP contribution in [-0.4, -0.2) is 24.4 Å². The minimum Gasteiger partial charge on any atom is -0.494 e. The van der Waals surface area contributed by atoms with Crippen molar-refractivity contribution in [1.29, 1.82) is 0 Å². The predicted octanol–water partition coefficient (Wildman–Crippen LogP) is 1.60. The maximum atomic E-state index is 13.3. The van der Waals surface area contributed by atoms with Crippen LogP contribution in [0.3, 0.4) is 0 Å². The molecule has 0 heterocycles. The highest BCUT2D eigenvalue weighted by molar-refractivity contribution is 5.69. The molecule has 0 atom stereocenters. The van der Waals surface area contributed by atoms with Crippen molar-refractivity contribution in [3.05, 3.63) is 17.9 Å². The summed E-state index contributed by atoms with van der Waals surface area (Å²) < 4.78 is 18.1. The number of nitrogen functional groups attached to an aromatic ring is 1. The molecule has 0 saturated carbocycles. The van der Waals surface area contributed by atoms with E-state index in [1.807, 2.05) is 13.8 Å². The largest absolute Gasteiger partial charge is 0.494 e. The lowest BCUT2D eigenvalue weighted by molar-refractivity contribution is 0.234. The first-order chi connectivity index (χ1) is 7.39. The van der Waals surface area contributed by atoms with Crippen molar-refractivity contribution < 1.29 is 14.2 Å². The van der Waals surface area contributed by atoms with Crippen molar-refractivity contribution in [2.24, 2.45) is 0 Å². The van der Waals surface area contributed by atoms with E-state index in [9.17, 15) is 4.39 Å². The van der Waals surface area contributed by atoms with E-state index in [0.717, 1.165) is 0 Å². The Morgan fingerprint density at radius 1 is 1.50 bits per heavy atom. The molecule has 0 fully saturated rings. The van der Waals surface area contributed by atoms with Gasteiger partial charge in [-0.2, -0.15) is 0 Å². The molecule has 90 valence electrons. The highest BCUT2D eigenvalue weighted by atomic mass is 19.1. The normalized spacial score (nSPS) is 11.3. The van der Waals surface area contributed by atoms with Gasteiger partial charge in [0.25, 0.3) is 0 Å². The second kappa shape index (κ2) is 4.57. The molecule has 16 heavy (non-hydrogen) atoms. The molecule has 1 rings (SSSR count). The fourth-order valence-electron chi connectivity index (χ4n) is 1.24. The van der Waals surface area contributed by atoms with Gasteiger partial charge in [-0.25, -0.2) is 4.39 Å². The minimum atomic E-state index is -0.531. The predicted molar refractivity (Wildman–Crippen MR) is 62.2 cm³/mol. The quantitative estimate of drug-likeness (QED) is 0.685. The van der Waals surface area contributed by atoms with E-state index in [0.29, 0.717) is 5.69 Å². The summed E-state index contributed by atoms with van der Waals surface area (Å²) in [6.45, 7) is 3.55. The van der Waals surface area contributed by atoms with Crippen LogP contribution in [0.4, 0.5) is 15.8 Å². The number of hydrogen-bond acceptors (Lipinski definition) is 4. The molecular formula is C11H17FN2O2. The lowest BCUT2D eigenvalue weighted by Gasteiger charge is -2.26. The third kappa shape index (κ3) is 2.76. The molecule has 0 aliphatic carbocycles. The van der Waals surface area contributed by atoms with Gasteiger partial charge in [-0.15, -0.1) is 0 Å². The van der Waals surface area contributed by atoms with Gasteiger partial charge < -0.3 is 20.9 Å². The standard InChI is InChI=1S/C11H17FN2O2/c1-11(2,6-15)14-9-5-10(16-3)7(12)4-8(9)13/h4-5,14-15H,6,13H2,1-3H3. The number of hydrogen-bond donors (Lipinski definition) is 3. The van der Waals surface area contributed by atoms with Crippen molar-refractivity contribution in [3.63, 3.8) is 0 Å². The molecule has 4 N–H and O–H groups in total. The smallest absolute Gasteiger partial charge is 0.167 e. The average molecular weight is 228 g/mol. The van der Waals surface area contributed by atoms with E-state index in [1.54, 1.807) is 0 Å². The zero-order valence-electron chi connectivity index (χ0n) is 9.67. The number of anilines is 2. The maximum absolute atomic E-state index is 13.3. The third-order valence-electron chi connectivity index (χ3n) is 2.19. The molecule has 0 aromatic heterocycles. The van der Waals surface area contributed by atoms with E-state index in [2.05, 4.69) is 5.32 Å². The second-order valence-electron chi connectivity index (χ2n) is 4.24. The Labute approximate surface area is 94.2 Å². The highest BCUT2D eigenvalue weighted by Gasteiger charge is 2.18. The molecule has 0 radical (unpaired) electrons. The molecule has 5 heteroatoms. The van der Waals surface area contributed by atoms with Gasteiger partial charge in [0, 0.05) is 12.1 Å². The van der Waals surface area contributed by atoms with E-state index in [-0.39, 0.29) is 18.0 Å². The Balaban J connectivity index is 3.05. The van der Waals surface area contributed by atoms with Gasteiger partial charge in [0.15, 0.2) is 11.6 Å². The van der Waals surface area contributed by atoms with Gasteiger partial charge in [0.2, 0.25) is 0 Å². The van der Waals surface area contributed by atoms with Gasteiger partial charge in [-0.1, -0.05) is 0 Å². The summed E-state index contributed by atoms with van der Waals surface area (Å²) in [7, 11) is 1.38. The van der Waals surface area contributed by atoms with E-state index >= 15 is 0 Å². The number of nitrogens with two attached hydrogens (primary N) is 1.